The summed E-state index contributed by atoms with van der Waals surface area (Å²) in [6.07, 6.45) is 2.90. The summed E-state index contributed by atoms with van der Waals surface area (Å²) < 4.78 is 0. The number of hydrogen-bond acceptors (Lipinski definition) is 4. The first-order chi connectivity index (χ1) is 6.68. The van der Waals surface area contributed by atoms with Crippen molar-refractivity contribution >= 4 is 5.82 Å². The lowest BCUT2D eigenvalue weighted by Crippen LogP contribution is -2.43. The van der Waals surface area contributed by atoms with Crippen LogP contribution in [-0.2, 0) is 0 Å². The summed E-state index contributed by atoms with van der Waals surface area (Å²) in [5.74, 6) is 0.732. The molecule has 0 spiro atoms. The topological polar surface area (TPSA) is 58.0 Å². The molecule has 76 valence electrons. The molecule has 0 radical (unpaired) electrons. The number of hydrogen-bond donors (Lipinski definition) is 2. The van der Waals surface area contributed by atoms with E-state index in [9.17, 15) is 5.11 Å². The van der Waals surface area contributed by atoms with Gasteiger partial charge in [-0.15, -0.1) is 5.10 Å². The maximum absolute atomic E-state index is 9.82. The molecular weight excluding hydrogens is 178 g/mol. The summed E-state index contributed by atoms with van der Waals surface area (Å²) >= 11 is 0. The van der Waals surface area contributed by atoms with Crippen molar-refractivity contribution in [2.24, 2.45) is 0 Å². The van der Waals surface area contributed by atoms with Gasteiger partial charge < -0.3 is 10.4 Å². The maximum Gasteiger partial charge on any atom is 0.148 e. The monoisotopic (exact) mass is 193 g/mol. The Balaban J connectivity index is 1.88. The molecule has 0 amide bonds. The van der Waals surface area contributed by atoms with E-state index in [1.54, 1.807) is 0 Å². The molecule has 2 N–H and O–H groups in total. The molecule has 0 aliphatic heterocycles. The Morgan fingerprint density at radius 3 is 2.71 bits per heavy atom. The molecular formula is C10H15N3O. The van der Waals surface area contributed by atoms with Gasteiger partial charge >= 0.3 is 0 Å². The van der Waals surface area contributed by atoms with Gasteiger partial charge in [-0.3, -0.25) is 0 Å². The first-order valence-electron chi connectivity index (χ1n) is 4.95. The molecule has 2 rings (SSSR count). The zero-order chi connectivity index (χ0) is 10.0. The van der Waals surface area contributed by atoms with Gasteiger partial charge in [0.2, 0.25) is 0 Å². The minimum absolute atomic E-state index is 0.507. The highest BCUT2D eigenvalue weighted by atomic mass is 16.3. The van der Waals surface area contributed by atoms with Crippen LogP contribution in [-0.4, -0.2) is 27.4 Å². The molecule has 1 aromatic rings. The Morgan fingerprint density at radius 2 is 2.21 bits per heavy atom. The van der Waals surface area contributed by atoms with Crippen molar-refractivity contribution in [1.29, 1.82) is 0 Å². The van der Waals surface area contributed by atoms with Gasteiger partial charge in [-0.05, 0) is 38.3 Å². The molecule has 1 saturated carbocycles. The van der Waals surface area contributed by atoms with Crippen LogP contribution in [0.3, 0.4) is 0 Å². The van der Waals surface area contributed by atoms with Crippen molar-refractivity contribution in [1.82, 2.24) is 10.2 Å². The fraction of sp³-hybridized carbons (Fsp3) is 0.600. The van der Waals surface area contributed by atoms with Crippen molar-refractivity contribution in [2.45, 2.75) is 31.8 Å². The molecule has 1 heterocycles. The van der Waals surface area contributed by atoms with E-state index in [0.29, 0.717) is 6.54 Å². The number of rotatable bonds is 3. The van der Waals surface area contributed by atoms with Gasteiger partial charge in [0.25, 0.3) is 0 Å². The number of anilines is 1. The van der Waals surface area contributed by atoms with Gasteiger partial charge in [-0.1, -0.05) is 0 Å². The van der Waals surface area contributed by atoms with E-state index < -0.39 is 5.60 Å². The van der Waals surface area contributed by atoms with Crippen LogP contribution in [0.25, 0.3) is 0 Å². The van der Waals surface area contributed by atoms with E-state index in [-0.39, 0.29) is 0 Å². The predicted octanol–water partition coefficient (Wildman–Crippen LogP) is 1.11. The van der Waals surface area contributed by atoms with Gasteiger partial charge in [-0.25, -0.2) is 0 Å². The molecule has 4 nitrogen and oxygen atoms in total. The highest BCUT2D eigenvalue weighted by molar-refractivity contribution is 5.33. The third kappa shape index (κ3) is 2.01. The minimum atomic E-state index is -0.507. The van der Waals surface area contributed by atoms with Crippen molar-refractivity contribution in [3.05, 3.63) is 17.8 Å². The van der Waals surface area contributed by atoms with Gasteiger partial charge in [0.15, 0.2) is 0 Å². The smallest absolute Gasteiger partial charge is 0.148 e. The van der Waals surface area contributed by atoms with Crippen LogP contribution in [0.1, 0.15) is 25.0 Å². The molecule has 1 fully saturated rings. The lowest BCUT2D eigenvalue weighted by Gasteiger charge is -2.36. The second kappa shape index (κ2) is 3.53. The Labute approximate surface area is 83.4 Å². The average molecular weight is 193 g/mol. The Hall–Kier alpha value is -1.16. The number of aliphatic hydroxyl groups is 1. The van der Waals surface area contributed by atoms with Crippen LogP contribution in [0.15, 0.2) is 12.1 Å². The molecule has 0 atom stereocenters. The summed E-state index contributed by atoms with van der Waals surface area (Å²) in [7, 11) is 0. The van der Waals surface area contributed by atoms with Crippen LogP contribution in [0.5, 0.6) is 0 Å². The van der Waals surface area contributed by atoms with E-state index >= 15 is 0 Å². The Morgan fingerprint density at radius 1 is 1.43 bits per heavy atom. The van der Waals surface area contributed by atoms with Crippen molar-refractivity contribution in [3.8, 4) is 0 Å². The Bertz CT molecular complexity index is 306. The highest BCUT2D eigenvalue weighted by Gasteiger charge is 2.33. The quantitative estimate of drug-likeness (QED) is 0.755. The molecule has 0 aromatic carbocycles. The lowest BCUT2D eigenvalue weighted by molar-refractivity contribution is -0.0202. The van der Waals surface area contributed by atoms with Gasteiger partial charge in [0.05, 0.1) is 11.3 Å². The van der Waals surface area contributed by atoms with Crippen LogP contribution < -0.4 is 5.32 Å². The fourth-order valence-electron chi connectivity index (χ4n) is 1.51. The molecule has 1 aliphatic rings. The van der Waals surface area contributed by atoms with E-state index in [1.165, 1.54) is 0 Å². The van der Waals surface area contributed by atoms with Gasteiger partial charge in [0, 0.05) is 6.54 Å². The molecule has 0 saturated heterocycles. The fourth-order valence-corrected chi connectivity index (χ4v) is 1.51. The van der Waals surface area contributed by atoms with E-state index in [0.717, 1.165) is 30.8 Å². The van der Waals surface area contributed by atoms with Crippen LogP contribution in [0.2, 0.25) is 0 Å². The summed E-state index contributed by atoms with van der Waals surface area (Å²) in [6, 6.07) is 3.78. The predicted molar refractivity (Wildman–Crippen MR) is 54.1 cm³/mol. The maximum atomic E-state index is 9.82. The summed E-state index contributed by atoms with van der Waals surface area (Å²) in [4.78, 5) is 0. The average Bonchev–Trinajstić information content (AvgIpc) is 2.14. The molecule has 1 aliphatic carbocycles. The molecule has 0 unspecified atom stereocenters. The standard InChI is InChI=1S/C10H15N3O/c1-8-3-4-9(13-12-8)11-7-10(14)5-2-6-10/h3-4,14H,2,5-7H2,1H3,(H,11,13). The first kappa shape index (κ1) is 9.40. The molecule has 0 bridgehead atoms. The van der Waals surface area contributed by atoms with Crippen molar-refractivity contribution < 1.29 is 5.11 Å². The summed E-state index contributed by atoms with van der Waals surface area (Å²) in [5.41, 5.74) is 0.393. The Kier molecular flexibility index (Phi) is 2.37. The number of nitrogens with one attached hydrogen (secondary N) is 1. The van der Waals surface area contributed by atoms with Gasteiger partial charge in [-0.2, -0.15) is 5.10 Å². The second-order valence-corrected chi connectivity index (χ2v) is 3.99. The number of nitrogens with zero attached hydrogens (tertiary/aromatic N) is 2. The second-order valence-electron chi connectivity index (χ2n) is 3.99. The van der Waals surface area contributed by atoms with Crippen LogP contribution in [0.4, 0.5) is 5.82 Å². The van der Waals surface area contributed by atoms with E-state index in [4.69, 9.17) is 0 Å². The van der Waals surface area contributed by atoms with E-state index in [2.05, 4.69) is 15.5 Å². The molecule has 4 heteroatoms. The molecule has 14 heavy (non-hydrogen) atoms. The van der Waals surface area contributed by atoms with Gasteiger partial charge in [0.1, 0.15) is 5.82 Å². The third-order valence-corrected chi connectivity index (χ3v) is 2.68. The SMILES string of the molecule is Cc1ccc(NCC2(O)CCC2)nn1. The highest BCUT2D eigenvalue weighted by Crippen LogP contribution is 2.31. The summed E-state index contributed by atoms with van der Waals surface area (Å²) in [5, 5.41) is 20.8. The zero-order valence-electron chi connectivity index (χ0n) is 8.32. The van der Waals surface area contributed by atoms with Crippen LogP contribution >= 0.6 is 0 Å². The first-order valence-corrected chi connectivity index (χ1v) is 4.95. The normalized spacial score (nSPS) is 18.7. The molecule has 1 aromatic heterocycles. The zero-order valence-corrected chi connectivity index (χ0v) is 8.32. The van der Waals surface area contributed by atoms with Crippen molar-refractivity contribution in [3.63, 3.8) is 0 Å². The number of aromatic nitrogens is 2. The van der Waals surface area contributed by atoms with Crippen LogP contribution in [0, 0.1) is 6.92 Å². The minimum Gasteiger partial charge on any atom is -0.388 e. The largest absolute Gasteiger partial charge is 0.388 e. The van der Waals surface area contributed by atoms with Crippen molar-refractivity contribution in [2.75, 3.05) is 11.9 Å². The summed E-state index contributed by atoms with van der Waals surface area (Å²) in [6.45, 7) is 2.47. The third-order valence-electron chi connectivity index (χ3n) is 2.68. The van der Waals surface area contributed by atoms with E-state index in [1.807, 2.05) is 19.1 Å². The number of aryl methyl sites for hydroxylation is 1. The lowest BCUT2D eigenvalue weighted by atomic mass is 9.80.